The van der Waals surface area contributed by atoms with Crippen LogP contribution in [0.1, 0.15) is 10.4 Å². The van der Waals surface area contributed by atoms with Gasteiger partial charge in [0.1, 0.15) is 17.1 Å². The second-order valence-electron chi connectivity index (χ2n) is 2.01. The number of hydrogen-bond donors (Lipinski definition) is 3. The third kappa shape index (κ3) is 1.86. The molecule has 0 bridgehead atoms. The number of aromatic hydroxyl groups is 2. The minimum atomic E-state index is -1.22. The molecule has 5 heteroatoms. The molecule has 5 nitrogen and oxygen atoms in total. The summed E-state index contributed by atoms with van der Waals surface area (Å²) in [6, 6.07) is 3.31. The molecule has 0 aliphatic carbocycles. The molecule has 1 aromatic carbocycles. The zero-order valence-corrected chi connectivity index (χ0v) is 5.98. The van der Waals surface area contributed by atoms with Crippen LogP contribution in [0, 0.1) is 0 Å². The fourth-order valence-electron chi connectivity index (χ4n) is 0.701. The molecule has 1 aromatic rings. The van der Waals surface area contributed by atoms with Crippen molar-refractivity contribution in [3.63, 3.8) is 0 Å². The molecule has 0 aliphatic heterocycles. The molecular weight excluding hydrogens is 164 g/mol. The van der Waals surface area contributed by atoms with Gasteiger partial charge in [0.2, 0.25) is 0 Å². The molecule has 5 N–H and O–H groups in total. The quantitative estimate of drug-likeness (QED) is 0.552. The van der Waals surface area contributed by atoms with Gasteiger partial charge in [-0.2, -0.15) is 0 Å². The summed E-state index contributed by atoms with van der Waals surface area (Å²) in [5.41, 5.74) is -0.220. The van der Waals surface area contributed by atoms with Crippen LogP contribution in [0.5, 0.6) is 11.5 Å². The van der Waals surface area contributed by atoms with Gasteiger partial charge in [-0.15, -0.1) is 0 Å². The highest BCUT2D eigenvalue weighted by Gasteiger charge is 2.08. The summed E-state index contributed by atoms with van der Waals surface area (Å²) in [5, 5.41) is 26.1. The smallest absolute Gasteiger partial charge is 0.339 e. The maximum atomic E-state index is 10.3. The predicted octanol–water partition coefficient (Wildman–Crippen LogP) is -0.0287. The minimum Gasteiger partial charge on any atom is -0.508 e. The summed E-state index contributed by atoms with van der Waals surface area (Å²) < 4.78 is 0. The molecule has 0 saturated heterocycles. The lowest BCUT2D eigenvalue weighted by atomic mass is 10.2. The molecule has 0 unspecified atom stereocenters. The lowest BCUT2D eigenvalue weighted by molar-refractivity contribution is 0.0693. The summed E-state index contributed by atoms with van der Waals surface area (Å²) in [5.74, 6) is -1.81. The van der Waals surface area contributed by atoms with Crippen LogP contribution in [0.2, 0.25) is 0 Å². The Hall–Kier alpha value is -1.75. The van der Waals surface area contributed by atoms with E-state index in [-0.39, 0.29) is 16.8 Å². The summed E-state index contributed by atoms with van der Waals surface area (Å²) in [4.78, 5) is 10.3. The molecule has 1 rings (SSSR count). The van der Waals surface area contributed by atoms with Gasteiger partial charge in [0, 0.05) is 6.07 Å². The Balaban J connectivity index is 0.00000121. The molecule has 0 saturated carbocycles. The standard InChI is InChI=1S/C7H6O4.H2O/c8-4-1-2-5(7(10)11)6(9)3-4;/h1-3,8-9H,(H,10,11);1H2. The second kappa shape index (κ2) is 3.59. The van der Waals surface area contributed by atoms with Crippen LogP contribution in [0.3, 0.4) is 0 Å². The normalized spacial score (nSPS) is 8.67. The molecule has 0 atom stereocenters. The average Bonchev–Trinajstić information content (AvgIpc) is 1.85. The van der Waals surface area contributed by atoms with Crippen molar-refractivity contribution in [2.75, 3.05) is 0 Å². The number of phenolic OH excluding ortho intramolecular Hbond substituents is 1. The number of carboxylic acid groups (broad SMARTS) is 1. The third-order valence-electron chi connectivity index (χ3n) is 1.21. The van der Waals surface area contributed by atoms with Crippen molar-refractivity contribution in [2.45, 2.75) is 0 Å². The van der Waals surface area contributed by atoms with Crippen molar-refractivity contribution in [1.82, 2.24) is 0 Å². The van der Waals surface area contributed by atoms with Crippen molar-refractivity contribution in [3.05, 3.63) is 23.8 Å². The first kappa shape index (κ1) is 10.2. The van der Waals surface area contributed by atoms with Crippen molar-refractivity contribution < 1.29 is 25.6 Å². The van der Waals surface area contributed by atoms with E-state index in [1.165, 1.54) is 6.07 Å². The monoisotopic (exact) mass is 172 g/mol. The Morgan fingerprint density at radius 2 is 1.83 bits per heavy atom. The van der Waals surface area contributed by atoms with Gasteiger partial charge >= 0.3 is 5.97 Å². The number of phenols is 2. The van der Waals surface area contributed by atoms with Gasteiger partial charge in [0.05, 0.1) is 0 Å². The molecule has 0 aromatic heterocycles. The van der Waals surface area contributed by atoms with Crippen molar-refractivity contribution >= 4 is 5.97 Å². The third-order valence-corrected chi connectivity index (χ3v) is 1.21. The van der Waals surface area contributed by atoms with E-state index in [0.717, 1.165) is 12.1 Å². The van der Waals surface area contributed by atoms with Gasteiger partial charge in [0.25, 0.3) is 0 Å². The highest BCUT2D eigenvalue weighted by atomic mass is 16.4. The van der Waals surface area contributed by atoms with Crippen LogP contribution >= 0.6 is 0 Å². The Kier molecular flexibility index (Phi) is 3.06. The number of aromatic carboxylic acids is 1. The fourth-order valence-corrected chi connectivity index (χ4v) is 0.701. The van der Waals surface area contributed by atoms with Gasteiger partial charge < -0.3 is 20.8 Å². The number of carboxylic acids is 1. The zero-order valence-electron chi connectivity index (χ0n) is 5.98. The molecule has 0 fully saturated rings. The molecular formula is C7H8O5. The summed E-state index contributed by atoms with van der Waals surface area (Å²) >= 11 is 0. The Morgan fingerprint density at radius 3 is 2.25 bits per heavy atom. The Morgan fingerprint density at radius 1 is 1.25 bits per heavy atom. The van der Waals surface area contributed by atoms with Crippen LogP contribution in [0.25, 0.3) is 0 Å². The van der Waals surface area contributed by atoms with Crippen molar-refractivity contribution in [2.24, 2.45) is 0 Å². The maximum absolute atomic E-state index is 10.3. The highest BCUT2D eigenvalue weighted by molar-refractivity contribution is 5.90. The second-order valence-corrected chi connectivity index (χ2v) is 2.01. The summed E-state index contributed by atoms with van der Waals surface area (Å²) in [7, 11) is 0. The van der Waals surface area contributed by atoms with Crippen molar-refractivity contribution in [1.29, 1.82) is 0 Å². The molecule has 12 heavy (non-hydrogen) atoms. The van der Waals surface area contributed by atoms with E-state index in [9.17, 15) is 4.79 Å². The lowest BCUT2D eigenvalue weighted by Gasteiger charge is -1.97. The molecule has 0 amide bonds. The van der Waals surface area contributed by atoms with Gasteiger partial charge in [-0.25, -0.2) is 4.79 Å². The number of carbonyl (C=O) groups is 1. The SMILES string of the molecule is O.O=C(O)c1ccc(O)cc1O. The minimum absolute atomic E-state index is 0. The number of rotatable bonds is 1. The largest absolute Gasteiger partial charge is 0.508 e. The topological polar surface area (TPSA) is 109 Å². The van der Waals surface area contributed by atoms with Gasteiger partial charge in [-0.3, -0.25) is 0 Å². The predicted molar refractivity (Wildman–Crippen MR) is 40.3 cm³/mol. The van der Waals surface area contributed by atoms with E-state index in [1.54, 1.807) is 0 Å². The van der Waals surface area contributed by atoms with E-state index in [4.69, 9.17) is 15.3 Å². The average molecular weight is 172 g/mol. The first-order chi connectivity index (χ1) is 5.11. The Labute approximate surface area is 67.8 Å². The van der Waals surface area contributed by atoms with Crippen LogP contribution in [0.4, 0.5) is 0 Å². The van der Waals surface area contributed by atoms with Crippen molar-refractivity contribution in [3.8, 4) is 11.5 Å². The molecule has 0 spiro atoms. The molecule has 0 radical (unpaired) electrons. The van der Waals surface area contributed by atoms with E-state index < -0.39 is 11.7 Å². The first-order valence-electron chi connectivity index (χ1n) is 2.86. The van der Waals surface area contributed by atoms with E-state index in [2.05, 4.69) is 0 Å². The van der Waals surface area contributed by atoms with Gasteiger partial charge in [-0.1, -0.05) is 0 Å². The zero-order chi connectivity index (χ0) is 8.43. The van der Waals surface area contributed by atoms with E-state index in [1.807, 2.05) is 0 Å². The maximum Gasteiger partial charge on any atom is 0.339 e. The number of hydrogen-bond acceptors (Lipinski definition) is 3. The van der Waals surface area contributed by atoms with Gasteiger partial charge in [-0.05, 0) is 12.1 Å². The highest BCUT2D eigenvalue weighted by Crippen LogP contribution is 2.21. The van der Waals surface area contributed by atoms with E-state index >= 15 is 0 Å². The molecule has 66 valence electrons. The first-order valence-corrected chi connectivity index (χ1v) is 2.86. The van der Waals surface area contributed by atoms with Crippen LogP contribution in [0.15, 0.2) is 18.2 Å². The number of benzene rings is 1. The Bertz CT molecular complexity index is 294. The van der Waals surface area contributed by atoms with Gasteiger partial charge in [0.15, 0.2) is 0 Å². The summed E-state index contributed by atoms with van der Waals surface area (Å²) in [6.07, 6.45) is 0. The van der Waals surface area contributed by atoms with Crippen LogP contribution < -0.4 is 0 Å². The van der Waals surface area contributed by atoms with Crippen LogP contribution in [-0.2, 0) is 0 Å². The molecule has 0 aliphatic rings. The van der Waals surface area contributed by atoms with E-state index in [0.29, 0.717) is 0 Å². The lowest BCUT2D eigenvalue weighted by Crippen LogP contribution is -1.95. The van der Waals surface area contributed by atoms with Crippen LogP contribution in [-0.4, -0.2) is 26.8 Å². The molecule has 0 heterocycles. The summed E-state index contributed by atoms with van der Waals surface area (Å²) in [6.45, 7) is 0. The fraction of sp³-hybridized carbons (Fsp3) is 0.